The number of carbonyl (C=O) groups excluding carboxylic acids is 4. The van der Waals surface area contributed by atoms with Gasteiger partial charge in [-0.25, -0.2) is 14.4 Å². The van der Waals surface area contributed by atoms with Crippen molar-refractivity contribution in [1.29, 1.82) is 5.41 Å². The molecule has 2 amide bonds. The molecule has 3 aromatic rings. The Morgan fingerprint density at radius 3 is 1.56 bits per heavy atom. The largest absolute Gasteiger partial charge is 0.459 e. The molecule has 0 fully saturated rings. The standard InChI is InChI=1S/C30H31N4O7/c31-27(32)33-18-10-17-30(22-35,26(36)39-19-23-11-4-1-5-12-23)34(28(37)40-20-24-13-6-2-7-14-24)29(38)41-21-25-15-8-3-9-16-25/h1-9,11-16H,10,17-21H2,(H4,31,32,33)/t30-/m0/s1. The minimum absolute atomic E-state index is 0.0175. The van der Waals surface area contributed by atoms with Crippen LogP contribution >= 0.6 is 0 Å². The van der Waals surface area contributed by atoms with Gasteiger partial charge in [-0.15, -0.1) is 0 Å². The predicted octanol–water partition coefficient (Wildman–Crippen LogP) is 3.82. The number of carbonyl (C=O) groups is 3. The first-order valence-corrected chi connectivity index (χ1v) is 12.8. The summed E-state index contributed by atoms with van der Waals surface area (Å²) in [6.07, 6.45) is -1.41. The molecule has 41 heavy (non-hydrogen) atoms. The summed E-state index contributed by atoms with van der Waals surface area (Å²) < 4.78 is 16.1. The number of nitrogens with two attached hydrogens (primary N) is 1. The molecule has 0 bridgehead atoms. The third-order valence-corrected chi connectivity index (χ3v) is 5.91. The Morgan fingerprint density at radius 2 is 1.17 bits per heavy atom. The van der Waals surface area contributed by atoms with Gasteiger partial charge in [-0.1, -0.05) is 91.0 Å². The number of nitrogens with zero attached hydrogens (tertiary/aromatic N) is 1. The normalized spacial score (nSPS) is 11.8. The van der Waals surface area contributed by atoms with Gasteiger partial charge in [0.1, 0.15) is 19.8 Å². The molecule has 4 N–H and O–H groups in total. The van der Waals surface area contributed by atoms with Crippen molar-refractivity contribution in [2.24, 2.45) is 5.73 Å². The van der Waals surface area contributed by atoms with Crippen LogP contribution in [0.4, 0.5) is 9.59 Å². The second-order valence-corrected chi connectivity index (χ2v) is 8.88. The van der Waals surface area contributed by atoms with Crippen LogP contribution in [0.3, 0.4) is 0 Å². The van der Waals surface area contributed by atoms with Gasteiger partial charge >= 0.3 is 18.2 Å². The number of benzene rings is 3. The van der Waals surface area contributed by atoms with E-state index >= 15 is 0 Å². The van der Waals surface area contributed by atoms with E-state index in [0.717, 1.165) is 0 Å². The molecule has 0 saturated heterocycles. The van der Waals surface area contributed by atoms with Crippen LogP contribution in [0.1, 0.15) is 29.5 Å². The van der Waals surface area contributed by atoms with Gasteiger partial charge in [0.2, 0.25) is 11.8 Å². The van der Waals surface area contributed by atoms with Crippen molar-refractivity contribution in [2.75, 3.05) is 6.54 Å². The minimum Gasteiger partial charge on any atom is -0.459 e. The van der Waals surface area contributed by atoms with Crippen molar-refractivity contribution < 1.29 is 33.4 Å². The first-order chi connectivity index (χ1) is 19.9. The summed E-state index contributed by atoms with van der Waals surface area (Å²) in [5.41, 5.74) is 4.61. The quantitative estimate of drug-likeness (QED) is 0.0706. The lowest BCUT2D eigenvalue weighted by Crippen LogP contribution is -2.61. The summed E-state index contributed by atoms with van der Waals surface area (Å²) in [5.74, 6) is -1.54. The highest BCUT2D eigenvalue weighted by Gasteiger charge is 2.54. The fourth-order valence-electron chi connectivity index (χ4n) is 3.81. The molecule has 11 nitrogen and oxygen atoms in total. The maximum absolute atomic E-state index is 13.6. The van der Waals surface area contributed by atoms with E-state index in [9.17, 15) is 19.2 Å². The Kier molecular flexibility index (Phi) is 11.4. The number of hydrogen-bond donors (Lipinski definition) is 3. The molecule has 0 unspecified atom stereocenters. The van der Waals surface area contributed by atoms with E-state index in [0.29, 0.717) is 21.6 Å². The first-order valence-electron chi connectivity index (χ1n) is 12.8. The molecule has 0 aliphatic carbocycles. The number of nitrogens with one attached hydrogen (secondary N) is 2. The number of guanidine groups is 1. The van der Waals surface area contributed by atoms with Crippen molar-refractivity contribution in [3.05, 3.63) is 108 Å². The first kappa shape index (κ1) is 30.4. The second kappa shape index (κ2) is 15.4. The van der Waals surface area contributed by atoms with Crippen LogP contribution in [0.15, 0.2) is 91.0 Å². The maximum Gasteiger partial charge on any atom is 0.421 e. The Morgan fingerprint density at radius 1 is 0.756 bits per heavy atom. The molecule has 1 atom stereocenters. The van der Waals surface area contributed by atoms with Gasteiger partial charge < -0.3 is 25.3 Å². The van der Waals surface area contributed by atoms with E-state index < -0.39 is 30.1 Å². The van der Waals surface area contributed by atoms with Crippen LogP contribution in [-0.4, -0.2) is 47.4 Å². The zero-order valence-electron chi connectivity index (χ0n) is 22.3. The monoisotopic (exact) mass is 559 g/mol. The summed E-state index contributed by atoms with van der Waals surface area (Å²) in [5, 5.41) is 9.91. The Balaban J connectivity index is 1.93. The number of hydrogen-bond acceptors (Lipinski definition) is 8. The number of esters is 1. The molecular formula is C30H31N4O7. The third-order valence-electron chi connectivity index (χ3n) is 5.91. The topological polar surface area (TPSA) is 161 Å². The molecule has 3 rings (SSSR count). The van der Waals surface area contributed by atoms with Gasteiger partial charge in [0.05, 0.1) is 0 Å². The molecule has 0 saturated carbocycles. The Labute approximate surface area is 237 Å². The van der Waals surface area contributed by atoms with Gasteiger partial charge in [-0.2, -0.15) is 4.90 Å². The van der Waals surface area contributed by atoms with E-state index in [-0.39, 0.29) is 38.7 Å². The average Bonchev–Trinajstić information content (AvgIpc) is 3.00. The molecule has 0 aliphatic heterocycles. The average molecular weight is 560 g/mol. The SMILES string of the molecule is N=C(N)NCCC[C@]([C]=O)(C(=O)OCc1ccccc1)N(C(=O)OCc1ccccc1)C(=O)OCc1ccccc1. The van der Waals surface area contributed by atoms with Crippen molar-refractivity contribution in [2.45, 2.75) is 38.2 Å². The molecule has 3 aromatic carbocycles. The van der Waals surface area contributed by atoms with Gasteiger partial charge in [-0.3, -0.25) is 10.2 Å². The molecule has 11 heteroatoms. The second-order valence-electron chi connectivity index (χ2n) is 8.88. The third kappa shape index (κ3) is 8.92. The van der Waals surface area contributed by atoms with Crippen LogP contribution in [0.5, 0.6) is 0 Å². The fraction of sp³-hybridized carbons (Fsp3) is 0.233. The van der Waals surface area contributed by atoms with E-state index in [1.807, 2.05) is 0 Å². The zero-order chi connectivity index (χ0) is 29.5. The van der Waals surface area contributed by atoms with Crippen molar-refractivity contribution in [3.8, 4) is 0 Å². The van der Waals surface area contributed by atoms with E-state index in [4.69, 9.17) is 25.4 Å². The zero-order valence-corrected chi connectivity index (χ0v) is 22.3. The van der Waals surface area contributed by atoms with Crippen LogP contribution in [0, 0.1) is 5.41 Å². The summed E-state index contributed by atoms with van der Waals surface area (Å²) in [4.78, 5) is 53.4. The smallest absolute Gasteiger partial charge is 0.421 e. The lowest BCUT2D eigenvalue weighted by molar-refractivity contribution is -0.154. The summed E-state index contributed by atoms with van der Waals surface area (Å²) in [6.45, 7) is -0.679. The molecule has 0 aliphatic rings. The lowest BCUT2D eigenvalue weighted by Gasteiger charge is -2.34. The lowest BCUT2D eigenvalue weighted by atomic mass is 9.93. The molecule has 0 aromatic heterocycles. The number of rotatable bonds is 13. The van der Waals surface area contributed by atoms with Crippen molar-refractivity contribution in [1.82, 2.24) is 10.2 Å². The van der Waals surface area contributed by atoms with Crippen molar-refractivity contribution in [3.63, 3.8) is 0 Å². The van der Waals surface area contributed by atoms with E-state index in [1.54, 1.807) is 97.3 Å². The summed E-state index contributed by atoms with van der Waals surface area (Å²) in [6, 6.07) is 26.0. The van der Waals surface area contributed by atoms with Crippen LogP contribution in [0.25, 0.3) is 0 Å². The van der Waals surface area contributed by atoms with Gasteiger partial charge in [-0.05, 0) is 29.5 Å². The van der Waals surface area contributed by atoms with Gasteiger partial charge in [0, 0.05) is 6.54 Å². The minimum atomic E-state index is -2.56. The molecule has 213 valence electrons. The highest BCUT2D eigenvalue weighted by molar-refractivity contribution is 6.07. The fourth-order valence-corrected chi connectivity index (χ4v) is 3.81. The van der Waals surface area contributed by atoms with Crippen LogP contribution in [-0.2, 0) is 43.6 Å². The predicted molar refractivity (Wildman–Crippen MR) is 149 cm³/mol. The number of imide groups is 1. The number of amides is 2. The Bertz CT molecular complexity index is 1250. The summed E-state index contributed by atoms with van der Waals surface area (Å²) in [7, 11) is 0. The molecule has 0 heterocycles. The Hall–Kier alpha value is -5.19. The highest BCUT2D eigenvalue weighted by Crippen LogP contribution is 2.26. The van der Waals surface area contributed by atoms with Crippen molar-refractivity contribution >= 4 is 30.4 Å². The van der Waals surface area contributed by atoms with Gasteiger partial charge in [0.25, 0.3) is 0 Å². The van der Waals surface area contributed by atoms with E-state index in [2.05, 4.69) is 5.32 Å². The highest BCUT2D eigenvalue weighted by atomic mass is 16.6. The molecule has 0 spiro atoms. The van der Waals surface area contributed by atoms with Gasteiger partial charge in [0.15, 0.2) is 5.96 Å². The number of ether oxygens (including phenoxy) is 3. The van der Waals surface area contributed by atoms with Crippen LogP contribution in [0.2, 0.25) is 0 Å². The molecule has 1 radical (unpaired) electrons. The van der Waals surface area contributed by atoms with E-state index in [1.165, 1.54) is 0 Å². The molecular weight excluding hydrogens is 528 g/mol. The maximum atomic E-state index is 13.6. The van der Waals surface area contributed by atoms with Crippen LogP contribution < -0.4 is 11.1 Å². The summed E-state index contributed by atoms with van der Waals surface area (Å²) >= 11 is 0.